The lowest BCUT2D eigenvalue weighted by molar-refractivity contribution is 1.18. The van der Waals surface area contributed by atoms with Gasteiger partial charge in [-0.2, -0.15) is 0 Å². The largest absolute Gasteiger partial charge is 0.310 e. The Labute approximate surface area is 627 Å². The van der Waals surface area contributed by atoms with E-state index in [2.05, 4.69) is 440 Å². The van der Waals surface area contributed by atoms with Gasteiger partial charge < -0.3 is 28.7 Å². The Bertz CT molecular complexity index is 5940. The topological polar surface area (TPSA) is 48.6 Å². The monoisotopic (exact) mass is 1380 g/mol. The molecule has 19 rings (SSSR count). The molecule has 0 bridgehead atoms. The number of nitrogens with zero attached hydrogens (tertiary/aromatic N) is 8. The fourth-order valence-corrected chi connectivity index (χ4v) is 15.8. The van der Waals surface area contributed by atoms with Crippen molar-refractivity contribution in [1.29, 1.82) is 0 Å². The minimum absolute atomic E-state index is 0.857. The molecule has 15 aromatic carbocycles. The summed E-state index contributed by atoms with van der Waals surface area (Å²) in [5, 5.41) is 4.51. The molecule has 0 N–H and O–H groups in total. The predicted molar refractivity (Wildman–Crippen MR) is 451 cm³/mol. The van der Waals surface area contributed by atoms with E-state index in [1.165, 1.54) is 0 Å². The summed E-state index contributed by atoms with van der Waals surface area (Å²) in [6.45, 7) is 0. The van der Waals surface area contributed by atoms with Crippen molar-refractivity contribution in [2.45, 2.75) is 0 Å². The molecule has 19 aromatic rings. The highest BCUT2D eigenvalue weighted by Gasteiger charge is 2.29. The van der Waals surface area contributed by atoms with Crippen LogP contribution < -0.4 is 19.6 Å². The molecule has 0 amide bonds. The molecule has 108 heavy (non-hydrogen) atoms. The maximum absolute atomic E-state index is 5.43. The van der Waals surface area contributed by atoms with E-state index in [-0.39, 0.29) is 0 Å². The molecule has 0 saturated heterocycles. The molecule has 4 aromatic heterocycles. The fraction of sp³-hybridized carbons (Fsp3) is 0. The van der Waals surface area contributed by atoms with E-state index in [0.717, 1.165) is 168 Å². The van der Waals surface area contributed by atoms with Gasteiger partial charge >= 0.3 is 0 Å². The molecule has 8 nitrogen and oxygen atoms in total. The molecule has 0 radical (unpaired) electrons. The van der Waals surface area contributed by atoms with E-state index in [9.17, 15) is 0 Å². The molecule has 0 aliphatic heterocycles. The molecule has 0 spiro atoms. The number of hydrogen-bond donors (Lipinski definition) is 0. The van der Waals surface area contributed by atoms with Crippen molar-refractivity contribution in [2.75, 3.05) is 19.6 Å². The quantitative estimate of drug-likeness (QED) is 0.0853. The summed E-state index contributed by atoms with van der Waals surface area (Å²) in [6, 6.07) is 146. The third-order valence-electron chi connectivity index (χ3n) is 20.6. The first-order valence-electron chi connectivity index (χ1n) is 36.6. The Morgan fingerprint density at radius 2 is 0.500 bits per heavy atom. The second-order valence-corrected chi connectivity index (χ2v) is 26.9. The highest BCUT2D eigenvalue weighted by molar-refractivity contribution is 6.23. The molecule has 0 fully saturated rings. The second kappa shape index (κ2) is 28.2. The zero-order chi connectivity index (χ0) is 71.7. The van der Waals surface area contributed by atoms with Crippen LogP contribution >= 0.6 is 0 Å². The van der Waals surface area contributed by atoms with Gasteiger partial charge in [-0.3, -0.25) is 9.97 Å². The number of rotatable bonds is 18. The number of pyridine rings is 2. The van der Waals surface area contributed by atoms with E-state index in [4.69, 9.17) is 4.98 Å². The van der Waals surface area contributed by atoms with Crippen LogP contribution in [0.1, 0.15) is 0 Å². The molecule has 0 aliphatic carbocycles. The van der Waals surface area contributed by atoms with Crippen LogP contribution in [0.4, 0.5) is 68.2 Å². The van der Waals surface area contributed by atoms with Crippen LogP contribution in [0.15, 0.2) is 425 Å². The molecule has 8 heteroatoms. The third-order valence-corrected chi connectivity index (χ3v) is 20.6. The molecular formula is C100H70N8. The normalized spacial score (nSPS) is 11.3. The molecule has 0 unspecified atom stereocenters. The lowest BCUT2D eigenvalue weighted by Gasteiger charge is -2.28. The lowest BCUT2D eigenvalue weighted by Crippen LogP contribution is -2.11. The fourth-order valence-electron chi connectivity index (χ4n) is 15.8. The Morgan fingerprint density at radius 1 is 0.204 bits per heavy atom. The van der Waals surface area contributed by atoms with Crippen LogP contribution in [0.3, 0.4) is 0 Å². The number of para-hydroxylation sites is 8. The molecule has 510 valence electrons. The van der Waals surface area contributed by atoms with Crippen molar-refractivity contribution in [3.8, 4) is 56.0 Å². The van der Waals surface area contributed by atoms with Gasteiger partial charge in [0.05, 0.1) is 50.5 Å². The van der Waals surface area contributed by atoms with Gasteiger partial charge in [0.1, 0.15) is 0 Å². The average molecular weight is 1380 g/mol. The van der Waals surface area contributed by atoms with Crippen molar-refractivity contribution in [1.82, 2.24) is 19.1 Å². The third kappa shape index (κ3) is 11.7. The van der Waals surface area contributed by atoms with E-state index in [0.29, 0.717) is 0 Å². The van der Waals surface area contributed by atoms with E-state index in [1.807, 2.05) is 18.5 Å². The van der Waals surface area contributed by atoms with E-state index < -0.39 is 0 Å². The first kappa shape index (κ1) is 64.3. The van der Waals surface area contributed by atoms with Crippen molar-refractivity contribution in [3.05, 3.63) is 425 Å². The van der Waals surface area contributed by atoms with Crippen LogP contribution in [0.25, 0.3) is 99.6 Å². The van der Waals surface area contributed by atoms with Crippen molar-refractivity contribution >= 4 is 112 Å². The smallest absolute Gasteiger partial charge is 0.0708 e. The molecular weight excluding hydrogens is 1310 g/mol. The summed E-state index contributed by atoms with van der Waals surface area (Å²) in [5.41, 5.74) is 27.3. The number of fused-ring (bicyclic) bond motifs is 6. The van der Waals surface area contributed by atoms with E-state index in [1.54, 1.807) is 0 Å². The summed E-state index contributed by atoms with van der Waals surface area (Å²) in [6.07, 6.45) is 5.83. The van der Waals surface area contributed by atoms with Crippen LogP contribution in [-0.4, -0.2) is 19.1 Å². The standard InChI is InChI=1S/C100H70N8/c1-9-34-76(35-10-1)103(77-36-11-2-12-37-77)89-50-26-54-93-97(89)98-90(104(78-38-13-3-14-39-78)79-40-15-4-16-41-79)51-27-55-94(98)107(93)84-62-58-71(59-63-84)87-70-102-88(68-86(87)74-32-25-31-73(67-74)75-33-30-66-101-69-75)72-60-64-85(65-61-72)108-95-56-28-52-91(105(80-42-17-5-18-43-80)81-44-19-6-20-45-81)99(95)100-92(53-29-57-96(100)108)106(82-46-21-7-22-47-82)83-48-23-8-24-49-83/h1-70H. The highest BCUT2D eigenvalue weighted by atomic mass is 15.2. The van der Waals surface area contributed by atoms with Crippen LogP contribution in [0.2, 0.25) is 0 Å². The van der Waals surface area contributed by atoms with Crippen molar-refractivity contribution in [2.24, 2.45) is 0 Å². The van der Waals surface area contributed by atoms with Gasteiger partial charge in [0.25, 0.3) is 0 Å². The van der Waals surface area contributed by atoms with Gasteiger partial charge in [0, 0.05) is 114 Å². The Hall–Kier alpha value is -14.6. The van der Waals surface area contributed by atoms with Crippen LogP contribution in [-0.2, 0) is 0 Å². The maximum atomic E-state index is 5.43. The zero-order valence-corrected chi connectivity index (χ0v) is 59.0. The van der Waals surface area contributed by atoms with Gasteiger partial charge in [-0.05, 0) is 210 Å². The highest BCUT2D eigenvalue weighted by Crippen LogP contribution is 2.52. The van der Waals surface area contributed by atoms with Gasteiger partial charge in [-0.25, -0.2) is 0 Å². The van der Waals surface area contributed by atoms with Crippen LogP contribution in [0, 0.1) is 0 Å². The van der Waals surface area contributed by atoms with Crippen molar-refractivity contribution < 1.29 is 0 Å². The summed E-state index contributed by atoms with van der Waals surface area (Å²) in [7, 11) is 0. The number of benzene rings is 15. The number of aromatic nitrogens is 4. The van der Waals surface area contributed by atoms with Gasteiger partial charge in [0.2, 0.25) is 0 Å². The molecule has 0 saturated carbocycles. The summed E-state index contributed by atoms with van der Waals surface area (Å²) >= 11 is 0. The Balaban J connectivity index is 0.766. The first-order chi connectivity index (χ1) is 53.6. The Morgan fingerprint density at radius 3 is 0.815 bits per heavy atom. The second-order valence-electron chi connectivity index (χ2n) is 26.9. The average Bonchev–Trinajstić information content (AvgIpc) is 1.56. The van der Waals surface area contributed by atoms with Gasteiger partial charge in [-0.15, -0.1) is 0 Å². The van der Waals surface area contributed by atoms with Crippen LogP contribution in [0.5, 0.6) is 0 Å². The summed E-state index contributed by atoms with van der Waals surface area (Å²) < 4.78 is 4.88. The van der Waals surface area contributed by atoms with Gasteiger partial charge in [0.15, 0.2) is 0 Å². The maximum Gasteiger partial charge on any atom is 0.0708 e. The zero-order valence-electron chi connectivity index (χ0n) is 59.0. The SMILES string of the molecule is c1ccc(N(c2ccccc2)c2cccc3c2c2c(N(c4ccccc4)c4ccccc4)cccc2n3-c2ccc(-c3cc(-c4cccc(-c5cccnc5)c4)c(-c4ccc(-n5c6cccc(N(c7ccccc7)c7ccccc7)c6c6c(N(c7ccccc7)c7ccccc7)cccc65)cc4)cn3)cc2)cc1. The number of hydrogen-bond acceptors (Lipinski definition) is 6. The minimum atomic E-state index is 0.857. The summed E-state index contributed by atoms with van der Waals surface area (Å²) in [4.78, 5) is 19.5. The van der Waals surface area contributed by atoms with Gasteiger partial charge in [-0.1, -0.05) is 218 Å². The molecule has 0 atom stereocenters. The predicted octanol–water partition coefficient (Wildman–Crippen LogP) is 27.2. The minimum Gasteiger partial charge on any atom is -0.310 e. The van der Waals surface area contributed by atoms with Crippen molar-refractivity contribution in [3.63, 3.8) is 0 Å². The summed E-state index contributed by atoms with van der Waals surface area (Å²) in [5.74, 6) is 0. The Kier molecular flexibility index (Phi) is 16.8. The first-order valence-corrected chi connectivity index (χ1v) is 36.6. The number of anilines is 12. The molecule has 4 heterocycles. The van der Waals surface area contributed by atoms with E-state index >= 15 is 0 Å². The lowest BCUT2D eigenvalue weighted by atomic mass is 9.92. The molecule has 0 aliphatic rings.